The summed E-state index contributed by atoms with van der Waals surface area (Å²) >= 11 is 1.13. The molecule has 0 bridgehead atoms. The van der Waals surface area contributed by atoms with Gasteiger partial charge in [-0.3, -0.25) is 4.79 Å². The number of aromatic nitrogens is 3. The van der Waals surface area contributed by atoms with Crippen LogP contribution in [0.25, 0.3) is 0 Å². The van der Waals surface area contributed by atoms with Gasteiger partial charge in [-0.25, -0.2) is 4.98 Å². The Balaban J connectivity index is 1.97. The largest absolute Gasteiger partial charge is 0.377 e. The van der Waals surface area contributed by atoms with Gasteiger partial charge in [0.15, 0.2) is 5.82 Å². The molecule has 102 valence electrons. The van der Waals surface area contributed by atoms with Crippen LogP contribution in [-0.2, 0) is 22.6 Å². The van der Waals surface area contributed by atoms with Crippen molar-refractivity contribution < 1.29 is 14.1 Å². The van der Waals surface area contributed by atoms with Gasteiger partial charge in [-0.15, -0.1) is 0 Å². The number of nitrogens with zero attached hydrogens (tertiary/aromatic N) is 3. The van der Waals surface area contributed by atoms with Crippen molar-refractivity contribution in [3.05, 3.63) is 22.8 Å². The normalized spacial score (nSPS) is 10.7. The highest BCUT2D eigenvalue weighted by Crippen LogP contribution is 2.15. The maximum Gasteiger partial charge on any atom is 0.230 e. The first-order valence-electron chi connectivity index (χ1n) is 5.63. The highest BCUT2D eigenvalue weighted by atomic mass is 32.1. The van der Waals surface area contributed by atoms with Gasteiger partial charge in [0.05, 0.1) is 12.1 Å². The van der Waals surface area contributed by atoms with E-state index < -0.39 is 0 Å². The first-order chi connectivity index (χ1) is 9.10. The second-order valence-electron chi connectivity index (χ2n) is 3.98. The minimum absolute atomic E-state index is 0.172. The summed E-state index contributed by atoms with van der Waals surface area (Å²) in [6, 6.07) is 0. The Morgan fingerprint density at radius 1 is 1.47 bits per heavy atom. The molecule has 8 heteroatoms. The summed E-state index contributed by atoms with van der Waals surface area (Å²) < 4.78 is 14.0. The van der Waals surface area contributed by atoms with E-state index >= 15 is 0 Å². The summed E-state index contributed by atoms with van der Waals surface area (Å²) in [5.41, 5.74) is 1.53. The van der Waals surface area contributed by atoms with E-state index in [1.165, 1.54) is 0 Å². The van der Waals surface area contributed by atoms with Crippen LogP contribution in [0.3, 0.4) is 0 Å². The molecule has 0 saturated carbocycles. The number of anilines is 1. The minimum Gasteiger partial charge on any atom is -0.377 e. The summed E-state index contributed by atoms with van der Waals surface area (Å²) in [6.45, 7) is 3.92. The van der Waals surface area contributed by atoms with Crippen LogP contribution in [0, 0.1) is 13.8 Å². The Hall–Kier alpha value is -1.80. The van der Waals surface area contributed by atoms with Gasteiger partial charge in [-0.1, -0.05) is 5.16 Å². The molecule has 0 aliphatic rings. The zero-order valence-electron chi connectivity index (χ0n) is 10.9. The Labute approximate surface area is 114 Å². The SMILES string of the molecule is COCc1nsc(NC(=O)Cc2c(C)noc2C)n1. The van der Waals surface area contributed by atoms with E-state index in [9.17, 15) is 4.79 Å². The molecule has 0 spiro atoms. The monoisotopic (exact) mass is 282 g/mol. The molecule has 1 amide bonds. The molecule has 2 rings (SSSR count). The van der Waals surface area contributed by atoms with Crippen LogP contribution in [0.5, 0.6) is 0 Å². The molecule has 1 N–H and O–H groups in total. The number of aryl methyl sites for hydroxylation is 2. The molecule has 0 radical (unpaired) electrons. The molecule has 0 unspecified atom stereocenters. The van der Waals surface area contributed by atoms with Crippen LogP contribution < -0.4 is 5.32 Å². The molecule has 0 fully saturated rings. The molecule has 0 saturated heterocycles. The lowest BCUT2D eigenvalue weighted by molar-refractivity contribution is -0.115. The second-order valence-corrected chi connectivity index (χ2v) is 4.73. The molecule has 2 aromatic rings. The number of hydrogen-bond acceptors (Lipinski definition) is 7. The molecule has 2 aromatic heterocycles. The zero-order valence-corrected chi connectivity index (χ0v) is 11.7. The number of carbonyl (C=O) groups is 1. The van der Waals surface area contributed by atoms with Gasteiger partial charge in [0.25, 0.3) is 0 Å². The third-order valence-corrected chi connectivity index (χ3v) is 3.17. The maximum atomic E-state index is 11.9. The second kappa shape index (κ2) is 5.89. The number of hydrogen-bond donors (Lipinski definition) is 1. The van der Waals surface area contributed by atoms with Crippen molar-refractivity contribution in [3.63, 3.8) is 0 Å². The molecule has 2 heterocycles. The van der Waals surface area contributed by atoms with Gasteiger partial charge in [0.1, 0.15) is 12.4 Å². The lowest BCUT2D eigenvalue weighted by Gasteiger charge is -2.00. The molecule has 7 nitrogen and oxygen atoms in total. The summed E-state index contributed by atoms with van der Waals surface area (Å²) in [7, 11) is 1.57. The van der Waals surface area contributed by atoms with Crippen molar-refractivity contribution in [1.82, 2.24) is 14.5 Å². The van der Waals surface area contributed by atoms with Gasteiger partial charge in [-0.05, 0) is 13.8 Å². The van der Waals surface area contributed by atoms with Crippen LogP contribution >= 0.6 is 11.5 Å². The van der Waals surface area contributed by atoms with E-state index in [-0.39, 0.29) is 12.3 Å². The average Bonchev–Trinajstić information content (AvgIpc) is 2.91. The highest BCUT2D eigenvalue weighted by Gasteiger charge is 2.14. The van der Waals surface area contributed by atoms with Crippen LogP contribution in [0.2, 0.25) is 0 Å². The van der Waals surface area contributed by atoms with E-state index in [1.807, 2.05) is 0 Å². The van der Waals surface area contributed by atoms with Gasteiger partial charge >= 0.3 is 0 Å². The molecular weight excluding hydrogens is 268 g/mol. The lowest BCUT2D eigenvalue weighted by Crippen LogP contribution is -2.15. The van der Waals surface area contributed by atoms with Gasteiger partial charge in [-0.2, -0.15) is 4.37 Å². The van der Waals surface area contributed by atoms with Crippen LogP contribution in [-0.4, -0.2) is 27.5 Å². The predicted octanol–water partition coefficient (Wildman–Crippen LogP) is 1.47. The fourth-order valence-corrected chi connectivity index (χ4v) is 2.16. The number of carbonyl (C=O) groups excluding carboxylic acids is 1. The number of rotatable bonds is 5. The first-order valence-corrected chi connectivity index (χ1v) is 6.40. The minimum atomic E-state index is -0.172. The van der Waals surface area contributed by atoms with Crippen molar-refractivity contribution in [2.45, 2.75) is 26.9 Å². The van der Waals surface area contributed by atoms with Crippen LogP contribution in [0.4, 0.5) is 5.13 Å². The van der Waals surface area contributed by atoms with Crippen LogP contribution in [0.1, 0.15) is 22.8 Å². The van der Waals surface area contributed by atoms with E-state index in [2.05, 4.69) is 19.8 Å². The Morgan fingerprint density at radius 3 is 2.89 bits per heavy atom. The van der Waals surface area contributed by atoms with E-state index in [1.54, 1.807) is 21.0 Å². The Kier molecular flexibility index (Phi) is 4.23. The van der Waals surface area contributed by atoms with E-state index in [0.717, 1.165) is 22.8 Å². The lowest BCUT2D eigenvalue weighted by atomic mass is 10.1. The van der Waals surface area contributed by atoms with Gasteiger partial charge < -0.3 is 14.6 Å². The fourth-order valence-electron chi connectivity index (χ4n) is 1.57. The van der Waals surface area contributed by atoms with E-state index in [4.69, 9.17) is 9.26 Å². The number of nitrogens with one attached hydrogen (secondary N) is 1. The highest BCUT2D eigenvalue weighted by molar-refractivity contribution is 7.09. The maximum absolute atomic E-state index is 11.9. The van der Waals surface area contributed by atoms with Gasteiger partial charge in [0.2, 0.25) is 11.0 Å². The molecule has 0 aliphatic heterocycles. The van der Waals surface area contributed by atoms with Crippen molar-refractivity contribution in [3.8, 4) is 0 Å². The summed E-state index contributed by atoms with van der Waals surface area (Å²) in [5.74, 6) is 1.04. The summed E-state index contributed by atoms with van der Waals surface area (Å²) in [5, 5.41) is 6.96. The Bertz CT molecular complexity index is 559. The zero-order chi connectivity index (χ0) is 13.8. The van der Waals surface area contributed by atoms with Crippen molar-refractivity contribution in [2.75, 3.05) is 12.4 Å². The first kappa shape index (κ1) is 13.6. The standard InChI is InChI=1S/C11H14N4O3S/c1-6-8(7(2)18-14-6)4-10(16)13-11-12-9(5-17-3)15-19-11/h4-5H2,1-3H3,(H,12,13,15,16). The molecule has 0 atom stereocenters. The third kappa shape index (κ3) is 3.36. The number of amides is 1. The predicted molar refractivity (Wildman–Crippen MR) is 68.9 cm³/mol. The van der Waals surface area contributed by atoms with Gasteiger partial charge in [0, 0.05) is 24.2 Å². The molecule has 0 aliphatic carbocycles. The molecular formula is C11H14N4O3S. The fraction of sp³-hybridized carbons (Fsp3) is 0.455. The quantitative estimate of drug-likeness (QED) is 0.893. The average molecular weight is 282 g/mol. The Morgan fingerprint density at radius 2 is 2.26 bits per heavy atom. The topological polar surface area (TPSA) is 90.1 Å². The van der Waals surface area contributed by atoms with Crippen molar-refractivity contribution in [1.29, 1.82) is 0 Å². The van der Waals surface area contributed by atoms with Crippen molar-refractivity contribution >= 4 is 22.6 Å². The third-order valence-electron chi connectivity index (χ3n) is 2.51. The number of methoxy groups -OCH3 is 1. The molecule has 19 heavy (non-hydrogen) atoms. The smallest absolute Gasteiger partial charge is 0.230 e. The molecule has 0 aromatic carbocycles. The summed E-state index contributed by atoms with van der Waals surface area (Å²) in [4.78, 5) is 16.0. The number of ether oxygens (including phenoxy) is 1. The summed E-state index contributed by atoms with van der Waals surface area (Å²) in [6.07, 6.45) is 0.209. The van der Waals surface area contributed by atoms with Crippen molar-refractivity contribution in [2.24, 2.45) is 0 Å². The van der Waals surface area contributed by atoms with Crippen LogP contribution in [0.15, 0.2) is 4.52 Å². The van der Waals surface area contributed by atoms with E-state index in [0.29, 0.717) is 23.3 Å².